The lowest BCUT2D eigenvalue weighted by molar-refractivity contribution is 0.326. The van der Waals surface area contributed by atoms with Gasteiger partial charge >= 0.3 is 0 Å². The number of nitrogens with zero attached hydrogens (tertiary/aromatic N) is 2. The number of hydrogen-bond donors (Lipinski definition) is 2. The van der Waals surface area contributed by atoms with Crippen LogP contribution in [0.1, 0.15) is 5.56 Å². The molecule has 0 aliphatic rings. The number of aromatic amines is 1. The molecule has 7 heteroatoms. The minimum absolute atomic E-state index is 0.367. The Morgan fingerprint density at radius 1 is 1.50 bits per heavy atom. The van der Waals surface area contributed by atoms with E-state index in [4.69, 9.17) is 21.1 Å². The molecule has 1 aromatic carbocycles. The molecule has 0 aliphatic heterocycles. The van der Waals surface area contributed by atoms with Crippen LogP contribution in [0.3, 0.4) is 0 Å². The zero-order valence-electron chi connectivity index (χ0n) is 11.0. The third-order valence-corrected chi connectivity index (χ3v) is 2.79. The quantitative estimate of drug-likeness (QED) is 0.768. The summed E-state index contributed by atoms with van der Waals surface area (Å²) in [6.07, 6.45) is 3.08. The third kappa shape index (κ3) is 3.42. The molecule has 2 aromatic rings. The van der Waals surface area contributed by atoms with Gasteiger partial charge in [-0.15, -0.1) is 0 Å². The maximum absolute atomic E-state index is 6.21. The second-order valence-corrected chi connectivity index (χ2v) is 4.30. The lowest BCUT2D eigenvalue weighted by Gasteiger charge is -2.13. The molecule has 1 heterocycles. The van der Waals surface area contributed by atoms with Crippen LogP contribution in [-0.2, 0) is 6.54 Å². The Kier molecular flexibility index (Phi) is 4.84. The van der Waals surface area contributed by atoms with Gasteiger partial charge in [-0.05, 0) is 17.7 Å². The number of rotatable bonds is 7. The summed E-state index contributed by atoms with van der Waals surface area (Å²) in [7, 11) is 1.57. The molecule has 1 aromatic heterocycles. The van der Waals surface area contributed by atoms with Gasteiger partial charge in [0.15, 0.2) is 11.5 Å². The second-order valence-electron chi connectivity index (χ2n) is 3.90. The van der Waals surface area contributed by atoms with Gasteiger partial charge in [-0.1, -0.05) is 24.3 Å². The number of benzene rings is 1. The number of anilines is 1. The first-order valence-electron chi connectivity index (χ1n) is 5.94. The molecule has 2 rings (SSSR count). The zero-order chi connectivity index (χ0) is 14.4. The minimum Gasteiger partial charge on any atom is -0.493 e. The van der Waals surface area contributed by atoms with Crippen molar-refractivity contribution in [2.24, 2.45) is 0 Å². The smallest absolute Gasteiger partial charge is 0.218 e. The highest BCUT2D eigenvalue weighted by molar-refractivity contribution is 6.32. The van der Waals surface area contributed by atoms with Crippen LogP contribution in [0.15, 0.2) is 31.1 Å². The number of H-pyrrole nitrogens is 1. The average Bonchev–Trinajstić information content (AvgIpc) is 2.96. The van der Waals surface area contributed by atoms with Crippen molar-refractivity contribution < 1.29 is 9.47 Å². The number of nitrogens with one attached hydrogen (secondary N) is 2. The van der Waals surface area contributed by atoms with Crippen molar-refractivity contribution in [3.8, 4) is 11.5 Å². The van der Waals surface area contributed by atoms with Gasteiger partial charge in [-0.2, -0.15) is 5.10 Å². The minimum atomic E-state index is 0.367. The molecule has 0 aliphatic carbocycles. The van der Waals surface area contributed by atoms with Crippen LogP contribution in [-0.4, -0.2) is 28.9 Å². The molecule has 0 radical (unpaired) electrons. The molecular formula is C13H15ClN4O2. The highest BCUT2D eigenvalue weighted by Crippen LogP contribution is 2.36. The van der Waals surface area contributed by atoms with Crippen LogP contribution in [0.5, 0.6) is 11.5 Å². The summed E-state index contributed by atoms with van der Waals surface area (Å²) >= 11 is 6.21. The summed E-state index contributed by atoms with van der Waals surface area (Å²) < 4.78 is 10.8. The summed E-state index contributed by atoms with van der Waals surface area (Å²) in [6, 6.07) is 3.67. The SMILES string of the molecule is C=CCOc1c(Cl)cc(CNc2ncn[nH]2)cc1OC. The molecule has 0 atom stereocenters. The summed E-state index contributed by atoms with van der Waals surface area (Å²) in [5.41, 5.74) is 0.939. The summed E-state index contributed by atoms with van der Waals surface area (Å²) in [5, 5.41) is 10.0. The Hall–Kier alpha value is -2.21. The van der Waals surface area contributed by atoms with Gasteiger partial charge in [0.25, 0.3) is 0 Å². The van der Waals surface area contributed by atoms with Crippen LogP contribution < -0.4 is 14.8 Å². The van der Waals surface area contributed by atoms with Gasteiger partial charge in [0.05, 0.1) is 12.1 Å². The van der Waals surface area contributed by atoms with Crippen LogP contribution in [0, 0.1) is 0 Å². The molecule has 0 saturated heterocycles. The molecule has 0 spiro atoms. The Morgan fingerprint density at radius 2 is 2.35 bits per heavy atom. The molecule has 2 N–H and O–H groups in total. The maximum atomic E-state index is 6.21. The zero-order valence-corrected chi connectivity index (χ0v) is 11.8. The van der Waals surface area contributed by atoms with Crippen molar-refractivity contribution in [1.29, 1.82) is 0 Å². The van der Waals surface area contributed by atoms with E-state index in [-0.39, 0.29) is 0 Å². The van der Waals surface area contributed by atoms with Crippen molar-refractivity contribution in [1.82, 2.24) is 15.2 Å². The van der Waals surface area contributed by atoms with Crippen LogP contribution in [0.25, 0.3) is 0 Å². The first-order valence-corrected chi connectivity index (χ1v) is 6.31. The number of aromatic nitrogens is 3. The largest absolute Gasteiger partial charge is 0.493 e. The van der Waals surface area contributed by atoms with Gasteiger partial charge in [-0.25, -0.2) is 10.1 Å². The maximum Gasteiger partial charge on any atom is 0.218 e. The third-order valence-electron chi connectivity index (χ3n) is 2.51. The molecule has 0 unspecified atom stereocenters. The van der Waals surface area contributed by atoms with Crippen molar-refractivity contribution in [2.75, 3.05) is 19.0 Å². The highest BCUT2D eigenvalue weighted by Gasteiger charge is 2.11. The fourth-order valence-electron chi connectivity index (χ4n) is 1.63. The van der Waals surface area contributed by atoms with Crippen molar-refractivity contribution in [2.45, 2.75) is 6.54 Å². The molecular weight excluding hydrogens is 280 g/mol. The second kappa shape index (κ2) is 6.81. The van der Waals surface area contributed by atoms with E-state index < -0.39 is 0 Å². The first-order chi connectivity index (χ1) is 9.74. The van der Waals surface area contributed by atoms with Crippen molar-refractivity contribution >= 4 is 17.5 Å². The standard InChI is InChI=1S/C13H15ClN4O2/c1-3-4-20-12-10(14)5-9(6-11(12)19-2)7-15-13-16-8-17-18-13/h3,5-6,8H,1,4,7H2,2H3,(H2,15,16,17,18). The van der Waals surface area contributed by atoms with E-state index in [0.29, 0.717) is 35.6 Å². The van der Waals surface area contributed by atoms with Crippen LogP contribution in [0.4, 0.5) is 5.95 Å². The molecule has 0 fully saturated rings. The summed E-state index contributed by atoms with van der Waals surface area (Å²) in [5.74, 6) is 1.68. The molecule has 20 heavy (non-hydrogen) atoms. The number of methoxy groups -OCH3 is 1. The van der Waals surface area contributed by atoms with Crippen LogP contribution >= 0.6 is 11.6 Å². The molecule has 106 valence electrons. The number of ether oxygens (including phenoxy) is 2. The Bertz CT molecular complexity index is 572. The van der Waals surface area contributed by atoms with Gasteiger partial charge in [0.1, 0.15) is 12.9 Å². The van der Waals surface area contributed by atoms with Gasteiger partial charge in [0, 0.05) is 6.54 Å². The fourth-order valence-corrected chi connectivity index (χ4v) is 1.92. The van der Waals surface area contributed by atoms with E-state index in [9.17, 15) is 0 Å². The fraction of sp³-hybridized carbons (Fsp3) is 0.231. The lowest BCUT2D eigenvalue weighted by atomic mass is 10.2. The Labute approximate surface area is 121 Å². The monoisotopic (exact) mass is 294 g/mol. The normalized spacial score (nSPS) is 10.1. The van der Waals surface area contributed by atoms with Gasteiger partial charge < -0.3 is 14.8 Å². The molecule has 0 saturated carbocycles. The topological polar surface area (TPSA) is 72.1 Å². The van der Waals surface area contributed by atoms with Crippen LogP contribution in [0.2, 0.25) is 5.02 Å². The molecule has 0 amide bonds. The predicted molar refractivity (Wildman–Crippen MR) is 77.4 cm³/mol. The average molecular weight is 295 g/mol. The predicted octanol–water partition coefficient (Wildman–Crippen LogP) is 2.64. The van der Waals surface area contributed by atoms with Gasteiger partial charge in [0.2, 0.25) is 5.95 Å². The Balaban J connectivity index is 2.14. The van der Waals surface area contributed by atoms with E-state index >= 15 is 0 Å². The molecule has 0 bridgehead atoms. The highest BCUT2D eigenvalue weighted by atomic mass is 35.5. The van der Waals surface area contributed by atoms with E-state index in [1.807, 2.05) is 12.1 Å². The van der Waals surface area contributed by atoms with E-state index in [0.717, 1.165) is 5.56 Å². The van der Waals surface area contributed by atoms with Crippen molar-refractivity contribution in [3.05, 3.63) is 41.7 Å². The first kappa shape index (κ1) is 14.2. The van der Waals surface area contributed by atoms with E-state index in [1.165, 1.54) is 6.33 Å². The summed E-state index contributed by atoms with van der Waals surface area (Å²) in [6.45, 7) is 4.50. The van der Waals surface area contributed by atoms with Crippen molar-refractivity contribution in [3.63, 3.8) is 0 Å². The lowest BCUT2D eigenvalue weighted by Crippen LogP contribution is -2.03. The molecule has 6 nitrogen and oxygen atoms in total. The summed E-state index contributed by atoms with van der Waals surface area (Å²) in [4.78, 5) is 3.98. The van der Waals surface area contributed by atoms with Gasteiger partial charge in [-0.3, -0.25) is 0 Å². The number of hydrogen-bond acceptors (Lipinski definition) is 5. The number of halogens is 1. The Morgan fingerprint density at radius 3 is 3.00 bits per heavy atom. The van der Waals surface area contributed by atoms with E-state index in [1.54, 1.807) is 13.2 Å². The van der Waals surface area contributed by atoms with E-state index in [2.05, 4.69) is 27.1 Å².